The minimum atomic E-state index is -0.498. The largest absolute Gasteiger partial charge is 0.465 e. The smallest absolute Gasteiger partial charge is 0.251 e. The molecule has 0 saturated heterocycles. The van der Waals surface area contributed by atoms with Gasteiger partial charge in [-0.15, -0.1) is 0 Å². The minimum absolute atomic E-state index is 0.224. The number of carbonyl (C=O) groups excluding carboxylic acids is 1. The summed E-state index contributed by atoms with van der Waals surface area (Å²) in [5.74, 6) is 1.36. The number of rotatable bonds is 3. The summed E-state index contributed by atoms with van der Waals surface area (Å²) in [6, 6.07) is 9.05. The number of ether oxygens (including phenoxy) is 2. The summed E-state index contributed by atoms with van der Waals surface area (Å²) in [5.41, 5.74) is 0.680. The lowest BCUT2D eigenvalue weighted by Gasteiger charge is -2.31. The Bertz CT molecular complexity index is 758. The molecule has 0 bridgehead atoms. The van der Waals surface area contributed by atoms with Gasteiger partial charge in [0.05, 0.1) is 6.26 Å². The average molecular weight is 325 g/mol. The molecular weight excluding hydrogens is 306 g/mol. The van der Waals surface area contributed by atoms with Gasteiger partial charge in [-0.3, -0.25) is 4.79 Å². The average Bonchev–Trinajstić information content (AvgIpc) is 3.20. The first kappa shape index (κ1) is 14.9. The number of hydrogen-bond donors (Lipinski definition) is 1. The van der Waals surface area contributed by atoms with Crippen LogP contribution in [-0.2, 0) is 4.79 Å². The molecule has 0 radical (unpaired) electrons. The van der Waals surface area contributed by atoms with Gasteiger partial charge in [0, 0.05) is 30.7 Å². The van der Waals surface area contributed by atoms with Crippen LogP contribution in [0.2, 0.25) is 0 Å². The van der Waals surface area contributed by atoms with Crippen molar-refractivity contribution in [1.29, 1.82) is 0 Å². The highest BCUT2D eigenvalue weighted by Gasteiger charge is 2.42. The number of furan rings is 1. The van der Waals surface area contributed by atoms with Crippen LogP contribution >= 0.6 is 0 Å². The van der Waals surface area contributed by atoms with E-state index in [0.29, 0.717) is 17.2 Å². The van der Waals surface area contributed by atoms with Crippen molar-refractivity contribution in [3.8, 4) is 11.5 Å². The summed E-state index contributed by atoms with van der Waals surface area (Å²) >= 11 is 0. The minimum Gasteiger partial charge on any atom is -0.465 e. The first-order chi connectivity index (χ1) is 11.7. The molecule has 1 aromatic carbocycles. The molecule has 1 aromatic heterocycles. The lowest BCUT2D eigenvalue weighted by molar-refractivity contribution is -0.111. The first-order valence-electron chi connectivity index (χ1n) is 8.27. The second kappa shape index (κ2) is 6.07. The second-order valence-electron chi connectivity index (χ2n) is 6.17. The maximum Gasteiger partial charge on any atom is 0.251 e. The molecule has 5 heteroatoms. The van der Waals surface area contributed by atoms with Crippen LogP contribution in [0.4, 0.5) is 5.69 Å². The molecule has 124 valence electrons. The summed E-state index contributed by atoms with van der Waals surface area (Å²) in [4.78, 5) is 12.0. The number of anilines is 1. The topological polar surface area (TPSA) is 60.7 Å². The fourth-order valence-electron chi connectivity index (χ4n) is 3.19. The van der Waals surface area contributed by atoms with Gasteiger partial charge >= 0.3 is 0 Å². The van der Waals surface area contributed by atoms with E-state index in [4.69, 9.17) is 13.9 Å². The van der Waals surface area contributed by atoms with Gasteiger partial charge in [0.1, 0.15) is 5.76 Å². The molecule has 1 fully saturated rings. The normalized spacial score (nSPS) is 18.2. The van der Waals surface area contributed by atoms with Crippen molar-refractivity contribution in [2.45, 2.75) is 37.9 Å². The Morgan fingerprint density at radius 2 is 1.92 bits per heavy atom. The van der Waals surface area contributed by atoms with Gasteiger partial charge in [0.2, 0.25) is 5.91 Å². The third-order valence-corrected chi connectivity index (χ3v) is 4.36. The first-order valence-corrected chi connectivity index (χ1v) is 8.27. The number of benzene rings is 1. The van der Waals surface area contributed by atoms with Crippen LogP contribution in [0.1, 0.15) is 37.9 Å². The molecule has 1 spiro atoms. The van der Waals surface area contributed by atoms with Crippen molar-refractivity contribution >= 4 is 17.7 Å². The summed E-state index contributed by atoms with van der Waals surface area (Å²) in [5, 5.41) is 2.82. The number of hydrogen-bond acceptors (Lipinski definition) is 4. The molecule has 2 heterocycles. The zero-order valence-corrected chi connectivity index (χ0v) is 13.3. The summed E-state index contributed by atoms with van der Waals surface area (Å²) < 4.78 is 17.3. The van der Waals surface area contributed by atoms with Crippen molar-refractivity contribution in [1.82, 2.24) is 0 Å². The zero-order valence-electron chi connectivity index (χ0n) is 13.3. The van der Waals surface area contributed by atoms with Crippen LogP contribution in [0.3, 0.4) is 0 Å². The molecule has 0 atom stereocenters. The van der Waals surface area contributed by atoms with E-state index in [0.717, 1.165) is 31.4 Å². The third kappa shape index (κ3) is 3.02. The highest BCUT2D eigenvalue weighted by atomic mass is 16.7. The number of carbonyl (C=O) groups is 1. The van der Waals surface area contributed by atoms with Crippen molar-refractivity contribution in [3.05, 3.63) is 48.4 Å². The maximum atomic E-state index is 12.0. The van der Waals surface area contributed by atoms with Gasteiger partial charge in [-0.1, -0.05) is 6.42 Å². The van der Waals surface area contributed by atoms with Gasteiger partial charge in [0.15, 0.2) is 11.5 Å². The highest BCUT2D eigenvalue weighted by Crippen LogP contribution is 2.46. The summed E-state index contributed by atoms with van der Waals surface area (Å²) in [7, 11) is 0. The monoisotopic (exact) mass is 325 g/mol. The SMILES string of the molecule is O=C(/C=C/c1ccco1)Nc1ccc2c(c1)OC1(CCCCC1)O2. The van der Waals surface area contributed by atoms with E-state index in [1.54, 1.807) is 24.5 Å². The van der Waals surface area contributed by atoms with Gasteiger partial charge < -0.3 is 19.2 Å². The van der Waals surface area contributed by atoms with Crippen LogP contribution < -0.4 is 14.8 Å². The van der Waals surface area contributed by atoms with Crippen molar-refractivity contribution < 1.29 is 18.7 Å². The van der Waals surface area contributed by atoms with Crippen LogP contribution in [0.5, 0.6) is 11.5 Å². The maximum absolute atomic E-state index is 12.0. The molecule has 2 aliphatic rings. The molecular formula is C19H19NO4. The van der Waals surface area contributed by atoms with Crippen molar-refractivity contribution in [3.63, 3.8) is 0 Å². The molecule has 1 N–H and O–H groups in total. The fourth-order valence-corrected chi connectivity index (χ4v) is 3.19. The Morgan fingerprint density at radius 1 is 1.08 bits per heavy atom. The van der Waals surface area contributed by atoms with E-state index in [2.05, 4.69) is 5.32 Å². The predicted molar refractivity (Wildman–Crippen MR) is 89.9 cm³/mol. The van der Waals surface area contributed by atoms with E-state index in [1.165, 1.54) is 12.5 Å². The van der Waals surface area contributed by atoms with Crippen molar-refractivity contribution in [2.75, 3.05) is 5.32 Å². The van der Waals surface area contributed by atoms with E-state index < -0.39 is 5.79 Å². The Balaban J connectivity index is 1.43. The molecule has 5 nitrogen and oxygen atoms in total. The van der Waals surface area contributed by atoms with Crippen molar-refractivity contribution in [2.24, 2.45) is 0 Å². The van der Waals surface area contributed by atoms with E-state index in [-0.39, 0.29) is 5.91 Å². The Kier molecular flexibility index (Phi) is 3.76. The molecule has 4 rings (SSSR count). The molecule has 0 unspecified atom stereocenters. The van der Waals surface area contributed by atoms with Gasteiger partial charge in [-0.05, 0) is 43.2 Å². The quantitative estimate of drug-likeness (QED) is 0.852. The molecule has 1 saturated carbocycles. The van der Waals surface area contributed by atoms with E-state index >= 15 is 0 Å². The van der Waals surface area contributed by atoms with Gasteiger partial charge in [-0.25, -0.2) is 0 Å². The van der Waals surface area contributed by atoms with Crippen LogP contribution in [-0.4, -0.2) is 11.7 Å². The highest BCUT2D eigenvalue weighted by molar-refractivity contribution is 6.01. The zero-order chi connectivity index (χ0) is 16.4. The Hall–Kier alpha value is -2.69. The molecule has 2 aromatic rings. The van der Waals surface area contributed by atoms with E-state index in [9.17, 15) is 4.79 Å². The Labute approximate surface area is 140 Å². The molecule has 1 aliphatic heterocycles. The molecule has 1 amide bonds. The number of amides is 1. The lowest BCUT2D eigenvalue weighted by Crippen LogP contribution is -2.40. The number of nitrogens with one attached hydrogen (secondary N) is 1. The summed E-state index contributed by atoms with van der Waals surface area (Å²) in [6.45, 7) is 0. The van der Waals surface area contributed by atoms with Crippen LogP contribution in [0, 0.1) is 0 Å². The van der Waals surface area contributed by atoms with Gasteiger partial charge in [-0.2, -0.15) is 0 Å². The van der Waals surface area contributed by atoms with E-state index in [1.807, 2.05) is 18.2 Å². The fraction of sp³-hybridized carbons (Fsp3) is 0.316. The third-order valence-electron chi connectivity index (χ3n) is 4.36. The Morgan fingerprint density at radius 3 is 2.71 bits per heavy atom. The molecule has 24 heavy (non-hydrogen) atoms. The van der Waals surface area contributed by atoms with Gasteiger partial charge in [0.25, 0.3) is 5.79 Å². The predicted octanol–water partition coefficient (Wildman–Crippen LogP) is 4.36. The van der Waals surface area contributed by atoms with Crippen LogP contribution in [0.25, 0.3) is 6.08 Å². The summed E-state index contributed by atoms with van der Waals surface area (Å²) in [6.07, 6.45) is 9.92. The molecule has 1 aliphatic carbocycles. The lowest BCUT2D eigenvalue weighted by atomic mass is 9.94. The second-order valence-corrected chi connectivity index (χ2v) is 6.17. The van der Waals surface area contributed by atoms with Crippen LogP contribution in [0.15, 0.2) is 47.1 Å². The standard InChI is InChI=1S/C19H19NO4/c21-18(9-7-15-5-4-12-22-15)20-14-6-8-16-17(13-14)24-19(23-16)10-2-1-3-11-19/h4-9,12-13H,1-3,10-11H2,(H,20,21)/b9-7+. The number of fused-ring (bicyclic) bond motifs is 1.